The molecular formula is C16H21N5O3. The van der Waals surface area contributed by atoms with Crippen LogP contribution in [0.3, 0.4) is 0 Å². The molecule has 24 heavy (non-hydrogen) atoms. The highest BCUT2D eigenvalue weighted by Crippen LogP contribution is 2.10. The topological polar surface area (TPSA) is 91.0 Å². The maximum atomic E-state index is 12.1. The van der Waals surface area contributed by atoms with Crippen molar-refractivity contribution in [1.82, 2.24) is 24.9 Å². The van der Waals surface area contributed by atoms with E-state index >= 15 is 0 Å². The lowest BCUT2D eigenvalue weighted by Crippen LogP contribution is -2.37. The fourth-order valence-electron chi connectivity index (χ4n) is 2.75. The second kappa shape index (κ2) is 6.96. The van der Waals surface area contributed by atoms with Crippen LogP contribution in [0.15, 0.2) is 23.0 Å². The van der Waals surface area contributed by atoms with Crippen molar-refractivity contribution in [3.8, 4) is 5.82 Å². The number of nitrogens with one attached hydrogen (secondary N) is 1. The average Bonchev–Trinajstić information content (AvgIpc) is 3.17. The van der Waals surface area contributed by atoms with Gasteiger partial charge in [-0.1, -0.05) is 0 Å². The molecule has 8 nitrogen and oxygen atoms in total. The Kier molecular flexibility index (Phi) is 4.75. The summed E-state index contributed by atoms with van der Waals surface area (Å²) in [5.74, 6) is 0.248. The van der Waals surface area contributed by atoms with Crippen molar-refractivity contribution in [2.24, 2.45) is 0 Å². The van der Waals surface area contributed by atoms with Crippen LogP contribution in [0.25, 0.3) is 5.82 Å². The van der Waals surface area contributed by atoms with Crippen molar-refractivity contribution in [1.29, 1.82) is 0 Å². The van der Waals surface area contributed by atoms with Gasteiger partial charge in [-0.15, -0.1) is 5.10 Å². The monoisotopic (exact) mass is 331 g/mol. The molecule has 8 heteroatoms. The third-order valence-electron chi connectivity index (χ3n) is 3.92. The first kappa shape index (κ1) is 16.4. The lowest BCUT2D eigenvalue weighted by molar-refractivity contribution is -0.122. The molecule has 0 spiro atoms. The molecule has 0 aliphatic carbocycles. The van der Waals surface area contributed by atoms with E-state index in [4.69, 9.17) is 4.74 Å². The van der Waals surface area contributed by atoms with E-state index in [2.05, 4.69) is 15.5 Å². The number of rotatable bonds is 5. The summed E-state index contributed by atoms with van der Waals surface area (Å²) >= 11 is 0. The highest BCUT2D eigenvalue weighted by molar-refractivity contribution is 5.75. The van der Waals surface area contributed by atoms with E-state index in [1.165, 1.54) is 6.07 Å². The summed E-state index contributed by atoms with van der Waals surface area (Å²) in [5.41, 5.74) is 1.45. The third-order valence-corrected chi connectivity index (χ3v) is 3.92. The molecule has 1 atom stereocenters. The number of carbonyl (C=O) groups excluding carboxylic acids is 1. The summed E-state index contributed by atoms with van der Waals surface area (Å²) in [4.78, 5) is 24.0. The highest BCUT2D eigenvalue weighted by atomic mass is 16.5. The number of hydrogen-bond donors (Lipinski definition) is 1. The van der Waals surface area contributed by atoms with Gasteiger partial charge in [0, 0.05) is 24.9 Å². The third kappa shape index (κ3) is 3.70. The van der Waals surface area contributed by atoms with Gasteiger partial charge in [-0.2, -0.15) is 5.10 Å². The maximum absolute atomic E-state index is 12.1. The Balaban J connectivity index is 1.70. The number of amides is 1. The SMILES string of the molecule is Cc1cc(C)n(-c2ccc(=O)n(CC(=O)NC[C@@H]3CCCO3)n2)n1. The van der Waals surface area contributed by atoms with Crippen LogP contribution in [0.4, 0.5) is 0 Å². The number of ether oxygens (including phenoxy) is 1. The van der Waals surface area contributed by atoms with E-state index in [9.17, 15) is 9.59 Å². The Bertz CT molecular complexity index is 789. The number of carbonyl (C=O) groups is 1. The molecule has 0 unspecified atom stereocenters. The van der Waals surface area contributed by atoms with Crippen molar-refractivity contribution in [2.75, 3.05) is 13.2 Å². The quantitative estimate of drug-likeness (QED) is 0.853. The lowest BCUT2D eigenvalue weighted by Gasteiger charge is -2.12. The van der Waals surface area contributed by atoms with Crippen LogP contribution in [0.1, 0.15) is 24.2 Å². The molecule has 1 N–H and O–H groups in total. The van der Waals surface area contributed by atoms with Gasteiger partial charge in [0.2, 0.25) is 5.91 Å². The van der Waals surface area contributed by atoms with E-state index in [1.807, 2.05) is 19.9 Å². The normalized spacial score (nSPS) is 17.2. The molecule has 2 aromatic heterocycles. The van der Waals surface area contributed by atoms with Crippen molar-refractivity contribution >= 4 is 5.91 Å². The maximum Gasteiger partial charge on any atom is 0.267 e. The van der Waals surface area contributed by atoms with Crippen molar-refractivity contribution < 1.29 is 9.53 Å². The fraction of sp³-hybridized carbons (Fsp3) is 0.500. The number of aromatic nitrogens is 4. The van der Waals surface area contributed by atoms with Crippen LogP contribution in [-0.2, 0) is 16.1 Å². The van der Waals surface area contributed by atoms with Crippen LogP contribution >= 0.6 is 0 Å². The minimum Gasteiger partial charge on any atom is -0.376 e. The first-order chi connectivity index (χ1) is 11.5. The van der Waals surface area contributed by atoms with Gasteiger partial charge in [0.05, 0.1) is 11.8 Å². The van der Waals surface area contributed by atoms with Gasteiger partial charge < -0.3 is 10.1 Å². The number of hydrogen-bond acceptors (Lipinski definition) is 5. The largest absolute Gasteiger partial charge is 0.376 e. The van der Waals surface area contributed by atoms with Crippen molar-refractivity contribution in [2.45, 2.75) is 39.3 Å². The average molecular weight is 331 g/mol. The van der Waals surface area contributed by atoms with Crippen LogP contribution in [0.5, 0.6) is 0 Å². The smallest absolute Gasteiger partial charge is 0.267 e. The zero-order valence-electron chi connectivity index (χ0n) is 13.9. The van der Waals surface area contributed by atoms with Crippen molar-refractivity contribution in [3.05, 3.63) is 39.9 Å². The van der Waals surface area contributed by atoms with Gasteiger partial charge in [-0.25, -0.2) is 9.36 Å². The van der Waals surface area contributed by atoms with Gasteiger partial charge in [0.15, 0.2) is 5.82 Å². The molecule has 0 radical (unpaired) electrons. The molecule has 0 aromatic carbocycles. The highest BCUT2D eigenvalue weighted by Gasteiger charge is 2.16. The number of nitrogens with zero attached hydrogens (tertiary/aromatic N) is 4. The zero-order valence-corrected chi connectivity index (χ0v) is 13.9. The Hall–Kier alpha value is -2.48. The molecule has 3 rings (SSSR count). The molecule has 1 amide bonds. The van der Waals surface area contributed by atoms with Crippen LogP contribution in [-0.4, -0.2) is 44.7 Å². The molecular weight excluding hydrogens is 310 g/mol. The first-order valence-electron chi connectivity index (χ1n) is 8.03. The molecule has 0 saturated carbocycles. The molecule has 1 aliphatic rings. The summed E-state index contributed by atoms with van der Waals surface area (Å²) in [6, 6.07) is 4.92. The van der Waals surface area contributed by atoms with E-state index in [0.29, 0.717) is 12.4 Å². The van der Waals surface area contributed by atoms with E-state index in [-0.39, 0.29) is 24.1 Å². The van der Waals surface area contributed by atoms with Gasteiger partial charge >= 0.3 is 0 Å². The second-order valence-corrected chi connectivity index (χ2v) is 5.97. The first-order valence-corrected chi connectivity index (χ1v) is 8.03. The van der Waals surface area contributed by atoms with Crippen LogP contribution in [0.2, 0.25) is 0 Å². The van der Waals surface area contributed by atoms with Gasteiger partial charge in [0.25, 0.3) is 5.56 Å². The van der Waals surface area contributed by atoms with Gasteiger partial charge in [0.1, 0.15) is 6.54 Å². The Morgan fingerprint density at radius 2 is 2.21 bits per heavy atom. The Morgan fingerprint density at radius 3 is 2.88 bits per heavy atom. The Morgan fingerprint density at radius 1 is 1.38 bits per heavy atom. The van der Waals surface area contributed by atoms with E-state index in [0.717, 1.165) is 35.5 Å². The van der Waals surface area contributed by atoms with Crippen LogP contribution in [0, 0.1) is 13.8 Å². The van der Waals surface area contributed by atoms with Gasteiger partial charge in [-0.05, 0) is 38.8 Å². The number of aryl methyl sites for hydroxylation is 2. The summed E-state index contributed by atoms with van der Waals surface area (Å²) in [7, 11) is 0. The van der Waals surface area contributed by atoms with Gasteiger partial charge in [-0.3, -0.25) is 9.59 Å². The molecule has 128 valence electrons. The van der Waals surface area contributed by atoms with Crippen molar-refractivity contribution in [3.63, 3.8) is 0 Å². The second-order valence-electron chi connectivity index (χ2n) is 5.97. The van der Waals surface area contributed by atoms with E-state index < -0.39 is 0 Å². The fourth-order valence-corrected chi connectivity index (χ4v) is 2.75. The molecule has 2 aromatic rings. The standard InChI is InChI=1S/C16H21N5O3/c1-11-8-12(2)21(18-11)14-5-6-16(23)20(19-14)10-15(22)17-9-13-4-3-7-24-13/h5-6,8,13H,3-4,7,9-10H2,1-2H3,(H,17,22)/t13-/m0/s1. The molecule has 1 saturated heterocycles. The predicted octanol–water partition coefficient (Wildman–Crippen LogP) is 0.341. The molecule has 1 aliphatic heterocycles. The lowest BCUT2D eigenvalue weighted by atomic mass is 10.2. The summed E-state index contributed by atoms with van der Waals surface area (Å²) in [6.45, 7) is 4.87. The molecule has 1 fully saturated rings. The molecule has 0 bridgehead atoms. The minimum absolute atomic E-state index is 0.0691. The summed E-state index contributed by atoms with van der Waals surface area (Å²) in [6.07, 6.45) is 2.04. The summed E-state index contributed by atoms with van der Waals surface area (Å²) in [5, 5.41) is 11.4. The van der Waals surface area contributed by atoms with Crippen LogP contribution < -0.4 is 10.9 Å². The summed E-state index contributed by atoms with van der Waals surface area (Å²) < 4.78 is 8.26. The predicted molar refractivity (Wildman–Crippen MR) is 87.1 cm³/mol. The Labute approximate surface area is 139 Å². The minimum atomic E-state index is -0.326. The van der Waals surface area contributed by atoms with E-state index in [1.54, 1.807) is 10.7 Å². The molecule has 3 heterocycles. The zero-order chi connectivity index (χ0) is 17.1.